The van der Waals surface area contributed by atoms with Crippen molar-refractivity contribution in [1.82, 2.24) is 4.98 Å². The van der Waals surface area contributed by atoms with Crippen LogP contribution >= 0.6 is 0 Å². The van der Waals surface area contributed by atoms with Crippen molar-refractivity contribution in [3.05, 3.63) is 29.1 Å². The van der Waals surface area contributed by atoms with Gasteiger partial charge >= 0.3 is 0 Å². The quantitative estimate of drug-likeness (QED) is 0.695. The van der Waals surface area contributed by atoms with E-state index in [1.165, 1.54) is 16.8 Å². The zero-order chi connectivity index (χ0) is 10.3. The van der Waals surface area contributed by atoms with Gasteiger partial charge in [0.05, 0.1) is 25.4 Å². The number of nitrogens with zero attached hydrogens (tertiary/aromatic N) is 1. The smallest absolute Gasteiger partial charge is 0.0865 e. The molecule has 80 valence electrons. The predicted octanol–water partition coefficient (Wildman–Crippen LogP) is 1.27. The molecule has 3 heteroatoms. The third kappa shape index (κ3) is 2.19. The first-order chi connectivity index (χ1) is 7.33. The van der Waals surface area contributed by atoms with Gasteiger partial charge in [0.25, 0.3) is 0 Å². The molecule has 1 aromatic heterocycles. The maximum absolute atomic E-state index is 5.26. The highest BCUT2D eigenvalue weighted by atomic mass is 16.6. The zero-order valence-electron chi connectivity index (χ0n) is 8.90. The standard InChI is InChI=1S/C12H15NO2/c1-8-9(4-10-6-14-10)2-3-13-12(8)5-11-7-15-11/h2-3,10-11H,4-7H2,1H3. The molecule has 2 aliphatic rings. The van der Waals surface area contributed by atoms with E-state index >= 15 is 0 Å². The number of hydrogen-bond acceptors (Lipinski definition) is 3. The molecule has 0 bridgehead atoms. The van der Waals surface area contributed by atoms with Crippen LogP contribution in [0, 0.1) is 6.92 Å². The van der Waals surface area contributed by atoms with Crippen LogP contribution in [0.2, 0.25) is 0 Å². The van der Waals surface area contributed by atoms with Crippen LogP contribution in [0.3, 0.4) is 0 Å². The van der Waals surface area contributed by atoms with Crippen molar-refractivity contribution in [2.24, 2.45) is 0 Å². The molecular formula is C12H15NO2. The average molecular weight is 205 g/mol. The molecular weight excluding hydrogens is 190 g/mol. The van der Waals surface area contributed by atoms with Gasteiger partial charge in [-0.25, -0.2) is 0 Å². The summed E-state index contributed by atoms with van der Waals surface area (Å²) in [7, 11) is 0. The molecule has 3 nitrogen and oxygen atoms in total. The van der Waals surface area contributed by atoms with E-state index in [1.54, 1.807) is 0 Å². The minimum atomic E-state index is 0.420. The van der Waals surface area contributed by atoms with Gasteiger partial charge < -0.3 is 9.47 Å². The summed E-state index contributed by atoms with van der Waals surface area (Å²) in [5.74, 6) is 0. The van der Waals surface area contributed by atoms with Crippen molar-refractivity contribution in [1.29, 1.82) is 0 Å². The van der Waals surface area contributed by atoms with Gasteiger partial charge in [-0.15, -0.1) is 0 Å². The second-order valence-corrected chi connectivity index (χ2v) is 4.36. The van der Waals surface area contributed by atoms with E-state index in [-0.39, 0.29) is 0 Å². The van der Waals surface area contributed by atoms with Gasteiger partial charge in [0.1, 0.15) is 0 Å². The first-order valence-corrected chi connectivity index (χ1v) is 5.49. The molecule has 0 amide bonds. The van der Waals surface area contributed by atoms with Crippen LogP contribution in [0.4, 0.5) is 0 Å². The molecule has 3 heterocycles. The third-order valence-corrected chi connectivity index (χ3v) is 3.09. The first kappa shape index (κ1) is 9.31. The SMILES string of the molecule is Cc1c(CC2CO2)ccnc1CC1CO1. The number of epoxide rings is 2. The largest absolute Gasteiger partial charge is 0.373 e. The molecule has 0 radical (unpaired) electrons. The minimum Gasteiger partial charge on any atom is -0.373 e. The average Bonchev–Trinajstić information content (AvgIpc) is 3.06. The summed E-state index contributed by atoms with van der Waals surface area (Å²) < 4.78 is 10.5. The molecule has 0 aromatic carbocycles. The summed E-state index contributed by atoms with van der Waals surface area (Å²) in [6.45, 7) is 3.97. The fourth-order valence-electron chi connectivity index (χ4n) is 1.88. The van der Waals surface area contributed by atoms with Gasteiger partial charge in [0, 0.05) is 24.7 Å². The van der Waals surface area contributed by atoms with Crippen LogP contribution in [0.15, 0.2) is 12.3 Å². The summed E-state index contributed by atoms with van der Waals surface area (Å²) in [5, 5.41) is 0. The van der Waals surface area contributed by atoms with Crippen LogP contribution < -0.4 is 0 Å². The van der Waals surface area contributed by atoms with Gasteiger partial charge in [-0.2, -0.15) is 0 Å². The van der Waals surface area contributed by atoms with Crippen LogP contribution in [0.25, 0.3) is 0 Å². The molecule has 2 saturated heterocycles. The number of aromatic nitrogens is 1. The molecule has 2 atom stereocenters. The molecule has 0 aliphatic carbocycles. The van der Waals surface area contributed by atoms with Crippen LogP contribution in [0.5, 0.6) is 0 Å². The minimum absolute atomic E-state index is 0.420. The Kier molecular flexibility index (Phi) is 2.22. The highest BCUT2D eigenvalue weighted by Crippen LogP contribution is 2.22. The number of rotatable bonds is 4. The Morgan fingerprint density at radius 3 is 2.60 bits per heavy atom. The Morgan fingerprint density at radius 1 is 1.27 bits per heavy atom. The lowest BCUT2D eigenvalue weighted by Gasteiger charge is -2.08. The van der Waals surface area contributed by atoms with Crippen LogP contribution in [0.1, 0.15) is 16.8 Å². The summed E-state index contributed by atoms with van der Waals surface area (Å²) in [6, 6.07) is 2.11. The van der Waals surface area contributed by atoms with Gasteiger partial charge in [-0.05, 0) is 24.1 Å². The Balaban J connectivity index is 1.79. The Labute approximate surface area is 89.4 Å². The predicted molar refractivity (Wildman–Crippen MR) is 55.9 cm³/mol. The highest BCUT2D eigenvalue weighted by molar-refractivity contribution is 5.30. The number of pyridine rings is 1. The maximum Gasteiger partial charge on any atom is 0.0865 e. The second kappa shape index (κ2) is 3.58. The third-order valence-electron chi connectivity index (χ3n) is 3.09. The molecule has 0 N–H and O–H groups in total. The molecule has 0 spiro atoms. The zero-order valence-corrected chi connectivity index (χ0v) is 8.90. The van der Waals surface area contributed by atoms with Crippen molar-refractivity contribution in [3.8, 4) is 0 Å². The van der Waals surface area contributed by atoms with Crippen molar-refractivity contribution in [2.75, 3.05) is 13.2 Å². The van der Waals surface area contributed by atoms with Gasteiger partial charge in [-0.3, -0.25) is 4.98 Å². The Morgan fingerprint density at radius 2 is 1.93 bits per heavy atom. The summed E-state index contributed by atoms with van der Waals surface area (Å²) in [4.78, 5) is 4.43. The molecule has 2 aliphatic heterocycles. The van der Waals surface area contributed by atoms with Crippen LogP contribution in [-0.4, -0.2) is 30.4 Å². The van der Waals surface area contributed by atoms with E-state index in [0.717, 1.165) is 26.1 Å². The van der Waals surface area contributed by atoms with Crippen molar-refractivity contribution < 1.29 is 9.47 Å². The van der Waals surface area contributed by atoms with Gasteiger partial charge in [0.2, 0.25) is 0 Å². The lowest BCUT2D eigenvalue weighted by Crippen LogP contribution is -2.04. The second-order valence-electron chi connectivity index (χ2n) is 4.36. The van der Waals surface area contributed by atoms with E-state index in [9.17, 15) is 0 Å². The Bertz CT molecular complexity index is 338. The number of hydrogen-bond donors (Lipinski definition) is 0. The monoisotopic (exact) mass is 205 g/mol. The normalized spacial score (nSPS) is 27.8. The van der Waals surface area contributed by atoms with E-state index < -0.39 is 0 Å². The molecule has 2 fully saturated rings. The van der Waals surface area contributed by atoms with Crippen LogP contribution in [-0.2, 0) is 22.3 Å². The molecule has 3 rings (SSSR count). The van der Waals surface area contributed by atoms with E-state index in [2.05, 4.69) is 18.0 Å². The van der Waals surface area contributed by atoms with Crippen molar-refractivity contribution >= 4 is 0 Å². The molecule has 1 aromatic rings. The van der Waals surface area contributed by atoms with Gasteiger partial charge in [0.15, 0.2) is 0 Å². The maximum atomic E-state index is 5.26. The van der Waals surface area contributed by atoms with Crippen molar-refractivity contribution in [3.63, 3.8) is 0 Å². The molecule has 2 unspecified atom stereocenters. The lowest BCUT2D eigenvalue weighted by atomic mass is 10.0. The summed E-state index contributed by atoms with van der Waals surface area (Å²) >= 11 is 0. The molecule has 0 saturated carbocycles. The topological polar surface area (TPSA) is 38.0 Å². The molecule has 15 heavy (non-hydrogen) atoms. The van der Waals surface area contributed by atoms with Crippen molar-refractivity contribution in [2.45, 2.75) is 32.0 Å². The van der Waals surface area contributed by atoms with E-state index in [4.69, 9.17) is 9.47 Å². The van der Waals surface area contributed by atoms with Gasteiger partial charge in [-0.1, -0.05) is 0 Å². The fourth-order valence-corrected chi connectivity index (χ4v) is 1.88. The summed E-state index contributed by atoms with van der Waals surface area (Å²) in [5.41, 5.74) is 3.89. The first-order valence-electron chi connectivity index (χ1n) is 5.49. The Hall–Kier alpha value is -0.930. The fraction of sp³-hybridized carbons (Fsp3) is 0.583. The highest BCUT2D eigenvalue weighted by Gasteiger charge is 2.26. The lowest BCUT2D eigenvalue weighted by molar-refractivity contribution is 0.404. The van der Waals surface area contributed by atoms with E-state index in [1.807, 2.05) is 6.20 Å². The summed E-state index contributed by atoms with van der Waals surface area (Å²) in [6.07, 6.45) is 4.78. The number of ether oxygens (including phenoxy) is 2. The van der Waals surface area contributed by atoms with E-state index in [0.29, 0.717) is 12.2 Å².